The molecule has 5 nitrogen and oxygen atoms in total. The minimum Gasteiger partial charge on any atom is -0.370 e. The lowest BCUT2D eigenvalue weighted by molar-refractivity contribution is -0.111. The first-order valence-corrected chi connectivity index (χ1v) is 8.80. The standard InChI is InChI=1S/C18H23F2N3O2/c19-12-1-2-15(20)14(5-12)18-16(21)6-13(10-25-18)23-8-11-7-22(3-4-24)17(11)9-23/h1-2,4-5,11,13,16-18H,3,6-10,21H2/t11?,13-,16+,17?,18-/m1/s1. The van der Waals surface area contributed by atoms with Crippen molar-refractivity contribution >= 4 is 6.29 Å². The SMILES string of the molecule is N[C@H]1C[C@@H](N2CC3CN(CC=O)C3C2)CO[C@@H]1c1cc(F)ccc1F. The number of nitrogens with zero attached hydrogens (tertiary/aromatic N) is 2. The third-order valence-electron chi connectivity index (χ3n) is 5.86. The van der Waals surface area contributed by atoms with Crippen LogP contribution in [0.15, 0.2) is 18.2 Å². The molecular weight excluding hydrogens is 328 g/mol. The van der Waals surface area contributed by atoms with Crippen LogP contribution in [0.4, 0.5) is 8.78 Å². The molecule has 3 aliphatic rings. The van der Waals surface area contributed by atoms with E-state index in [1.807, 2.05) is 0 Å². The van der Waals surface area contributed by atoms with E-state index in [2.05, 4.69) is 9.80 Å². The zero-order valence-electron chi connectivity index (χ0n) is 14.0. The second-order valence-electron chi connectivity index (χ2n) is 7.38. The van der Waals surface area contributed by atoms with Crippen molar-refractivity contribution in [1.82, 2.24) is 9.80 Å². The number of nitrogens with two attached hydrogens (primary N) is 1. The van der Waals surface area contributed by atoms with Crippen LogP contribution in [0.3, 0.4) is 0 Å². The van der Waals surface area contributed by atoms with Gasteiger partial charge < -0.3 is 15.3 Å². The molecule has 25 heavy (non-hydrogen) atoms. The number of ether oxygens (including phenoxy) is 1. The number of likely N-dealkylation sites (tertiary alicyclic amines) is 2. The number of fused-ring (bicyclic) bond motifs is 1. The molecule has 0 radical (unpaired) electrons. The summed E-state index contributed by atoms with van der Waals surface area (Å²) < 4.78 is 33.3. The first-order chi connectivity index (χ1) is 12.1. The average molecular weight is 351 g/mol. The summed E-state index contributed by atoms with van der Waals surface area (Å²) in [5.41, 5.74) is 6.45. The molecule has 0 saturated carbocycles. The highest BCUT2D eigenvalue weighted by Crippen LogP contribution is 2.36. The number of hydrogen-bond donors (Lipinski definition) is 1. The van der Waals surface area contributed by atoms with Crippen molar-refractivity contribution in [2.24, 2.45) is 11.7 Å². The Balaban J connectivity index is 1.39. The van der Waals surface area contributed by atoms with Gasteiger partial charge in [-0.25, -0.2) is 8.78 Å². The number of carbonyl (C=O) groups excluding carboxylic acids is 1. The summed E-state index contributed by atoms with van der Waals surface area (Å²) in [6.45, 7) is 3.83. The molecule has 0 spiro atoms. The second kappa shape index (κ2) is 6.72. The Morgan fingerprint density at radius 3 is 2.88 bits per heavy atom. The molecule has 5 atom stereocenters. The minimum absolute atomic E-state index is 0.187. The Morgan fingerprint density at radius 2 is 2.12 bits per heavy atom. The molecular formula is C18H23F2N3O2. The Labute approximate surface area is 145 Å². The highest BCUT2D eigenvalue weighted by Gasteiger charge is 2.47. The number of halogens is 2. The summed E-state index contributed by atoms with van der Waals surface area (Å²) in [4.78, 5) is 15.3. The first-order valence-electron chi connectivity index (χ1n) is 8.80. The zero-order chi connectivity index (χ0) is 17.6. The van der Waals surface area contributed by atoms with Gasteiger partial charge in [0.05, 0.1) is 13.2 Å². The number of aldehydes is 1. The average Bonchev–Trinajstić information content (AvgIpc) is 2.92. The molecule has 1 aromatic rings. The molecule has 2 unspecified atom stereocenters. The topological polar surface area (TPSA) is 58.8 Å². The Hall–Kier alpha value is -1.41. The summed E-state index contributed by atoms with van der Waals surface area (Å²) in [5.74, 6) is -0.362. The second-order valence-corrected chi connectivity index (χ2v) is 7.38. The number of benzene rings is 1. The van der Waals surface area contributed by atoms with Crippen LogP contribution in [-0.2, 0) is 9.53 Å². The van der Waals surface area contributed by atoms with Gasteiger partial charge in [0, 0.05) is 49.2 Å². The van der Waals surface area contributed by atoms with Crippen molar-refractivity contribution in [3.8, 4) is 0 Å². The zero-order valence-corrected chi connectivity index (χ0v) is 14.0. The van der Waals surface area contributed by atoms with Crippen LogP contribution in [0.1, 0.15) is 18.1 Å². The van der Waals surface area contributed by atoms with Gasteiger partial charge in [-0.2, -0.15) is 0 Å². The van der Waals surface area contributed by atoms with Gasteiger partial charge in [0.2, 0.25) is 0 Å². The van der Waals surface area contributed by atoms with Crippen LogP contribution >= 0.6 is 0 Å². The van der Waals surface area contributed by atoms with Crippen molar-refractivity contribution in [3.05, 3.63) is 35.4 Å². The maximum absolute atomic E-state index is 14.0. The molecule has 2 N–H and O–H groups in total. The molecule has 3 aliphatic heterocycles. The molecule has 0 aromatic heterocycles. The summed E-state index contributed by atoms with van der Waals surface area (Å²) in [6.07, 6.45) is 1.03. The van der Waals surface area contributed by atoms with Crippen molar-refractivity contribution in [2.45, 2.75) is 30.7 Å². The number of hydrogen-bond acceptors (Lipinski definition) is 5. The molecule has 1 aromatic carbocycles. The molecule has 0 aliphatic carbocycles. The van der Waals surface area contributed by atoms with E-state index in [-0.39, 0.29) is 17.6 Å². The van der Waals surface area contributed by atoms with Crippen molar-refractivity contribution in [1.29, 1.82) is 0 Å². The molecule has 0 bridgehead atoms. The van der Waals surface area contributed by atoms with Gasteiger partial charge >= 0.3 is 0 Å². The fourth-order valence-electron chi connectivity index (χ4n) is 4.53. The van der Waals surface area contributed by atoms with Gasteiger partial charge in [-0.15, -0.1) is 0 Å². The normalized spacial score (nSPS) is 36.0. The fourth-order valence-corrected chi connectivity index (χ4v) is 4.53. The van der Waals surface area contributed by atoms with E-state index in [1.54, 1.807) is 0 Å². The van der Waals surface area contributed by atoms with Crippen LogP contribution in [-0.4, -0.2) is 67.0 Å². The maximum Gasteiger partial charge on any atom is 0.133 e. The van der Waals surface area contributed by atoms with E-state index in [0.717, 1.165) is 38.1 Å². The van der Waals surface area contributed by atoms with E-state index in [9.17, 15) is 13.6 Å². The smallest absolute Gasteiger partial charge is 0.133 e. The van der Waals surface area contributed by atoms with Crippen LogP contribution < -0.4 is 5.73 Å². The Bertz CT molecular complexity index is 659. The van der Waals surface area contributed by atoms with Crippen LogP contribution in [0, 0.1) is 17.6 Å². The Kier molecular flexibility index (Phi) is 4.58. The minimum atomic E-state index is -0.613. The highest BCUT2D eigenvalue weighted by molar-refractivity contribution is 5.52. The van der Waals surface area contributed by atoms with Crippen molar-refractivity contribution in [3.63, 3.8) is 0 Å². The highest BCUT2D eigenvalue weighted by atomic mass is 19.1. The number of rotatable bonds is 4. The van der Waals surface area contributed by atoms with Gasteiger partial charge in [-0.1, -0.05) is 0 Å². The predicted molar refractivity (Wildman–Crippen MR) is 87.9 cm³/mol. The lowest BCUT2D eigenvalue weighted by Crippen LogP contribution is -2.56. The van der Waals surface area contributed by atoms with Gasteiger partial charge in [-0.3, -0.25) is 9.80 Å². The monoisotopic (exact) mass is 351 g/mol. The lowest BCUT2D eigenvalue weighted by atomic mass is 9.92. The largest absolute Gasteiger partial charge is 0.370 e. The molecule has 0 amide bonds. The van der Waals surface area contributed by atoms with E-state index < -0.39 is 17.7 Å². The maximum atomic E-state index is 14.0. The molecule has 3 saturated heterocycles. The lowest BCUT2D eigenvalue weighted by Gasteiger charge is -2.42. The molecule has 3 heterocycles. The van der Waals surface area contributed by atoms with E-state index in [0.29, 0.717) is 31.5 Å². The third-order valence-corrected chi connectivity index (χ3v) is 5.86. The predicted octanol–water partition coefficient (Wildman–Crippen LogP) is 0.937. The first kappa shape index (κ1) is 17.0. The van der Waals surface area contributed by atoms with Crippen molar-refractivity contribution < 1.29 is 18.3 Å². The van der Waals surface area contributed by atoms with Gasteiger partial charge in [0.15, 0.2) is 0 Å². The fraction of sp³-hybridized carbons (Fsp3) is 0.611. The van der Waals surface area contributed by atoms with Gasteiger partial charge in [0.1, 0.15) is 24.0 Å². The molecule has 3 fully saturated rings. The van der Waals surface area contributed by atoms with E-state index in [4.69, 9.17) is 10.5 Å². The molecule has 136 valence electrons. The summed E-state index contributed by atoms with van der Waals surface area (Å²) in [5, 5.41) is 0. The van der Waals surface area contributed by atoms with Gasteiger partial charge in [0.25, 0.3) is 0 Å². The third kappa shape index (κ3) is 3.10. The van der Waals surface area contributed by atoms with Gasteiger partial charge in [-0.05, 0) is 24.6 Å². The Morgan fingerprint density at radius 1 is 1.28 bits per heavy atom. The quantitative estimate of drug-likeness (QED) is 0.818. The summed E-state index contributed by atoms with van der Waals surface area (Å²) in [7, 11) is 0. The molecule has 7 heteroatoms. The van der Waals surface area contributed by atoms with E-state index in [1.165, 1.54) is 6.07 Å². The van der Waals surface area contributed by atoms with Crippen LogP contribution in [0.2, 0.25) is 0 Å². The summed E-state index contributed by atoms with van der Waals surface area (Å²) >= 11 is 0. The molecule has 4 rings (SSSR count). The van der Waals surface area contributed by atoms with E-state index >= 15 is 0 Å². The van der Waals surface area contributed by atoms with Crippen molar-refractivity contribution in [2.75, 3.05) is 32.8 Å². The van der Waals surface area contributed by atoms with Crippen LogP contribution in [0.25, 0.3) is 0 Å². The summed E-state index contributed by atoms with van der Waals surface area (Å²) in [6, 6.07) is 3.65. The van der Waals surface area contributed by atoms with Crippen LogP contribution in [0.5, 0.6) is 0 Å². The number of carbonyl (C=O) groups is 1.